The van der Waals surface area contributed by atoms with Crippen molar-refractivity contribution in [2.75, 3.05) is 6.54 Å². The minimum Gasteiger partial charge on any atom is -0.339 e. The van der Waals surface area contributed by atoms with Gasteiger partial charge in [0.1, 0.15) is 0 Å². The van der Waals surface area contributed by atoms with E-state index < -0.39 is 0 Å². The van der Waals surface area contributed by atoms with Gasteiger partial charge in [0, 0.05) is 19.0 Å². The van der Waals surface area contributed by atoms with Gasteiger partial charge in [0.15, 0.2) is 0 Å². The summed E-state index contributed by atoms with van der Waals surface area (Å²) in [7, 11) is 0. The molecule has 1 heterocycles. The SMILES string of the molecule is CCCC(=O)N1CC2CCC1C2. The van der Waals surface area contributed by atoms with Crippen LogP contribution in [0, 0.1) is 5.92 Å². The molecular weight excluding hydrogens is 150 g/mol. The van der Waals surface area contributed by atoms with Gasteiger partial charge in [-0.2, -0.15) is 0 Å². The predicted molar refractivity (Wildman–Crippen MR) is 47.8 cm³/mol. The van der Waals surface area contributed by atoms with Crippen molar-refractivity contribution in [2.45, 2.75) is 45.1 Å². The topological polar surface area (TPSA) is 20.3 Å². The molecule has 0 aromatic heterocycles. The van der Waals surface area contributed by atoms with Crippen molar-refractivity contribution in [2.24, 2.45) is 5.92 Å². The van der Waals surface area contributed by atoms with Gasteiger partial charge in [0.25, 0.3) is 0 Å². The molecule has 2 rings (SSSR count). The summed E-state index contributed by atoms with van der Waals surface area (Å²) in [6.45, 7) is 3.13. The third-order valence-electron chi connectivity index (χ3n) is 3.19. The summed E-state index contributed by atoms with van der Waals surface area (Å²) >= 11 is 0. The second-order valence-electron chi connectivity index (χ2n) is 4.13. The number of piperidine rings is 1. The Bertz CT molecular complexity index is 190. The smallest absolute Gasteiger partial charge is 0.222 e. The fourth-order valence-electron chi connectivity index (χ4n) is 2.59. The van der Waals surface area contributed by atoms with E-state index in [0.29, 0.717) is 11.9 Å². The van der Waals surface area contributed by atoms with Gasteiger partial charge >= 0.3 is 0 Å². The molecule has 2 atom stereocenters. The molecule has 0 spiro atoms. The van der Waals surface area contributed by atoms with Crippen LogP contribution in [-0.2, 0) is 4.79 Å². The quantitative estimate of drug-likeness (QED) is 0.614. The van der Waals surface area contributed by atoms with Crippen molar-refractivity contribution in [3.8, 4) is 0 Å². The Morgan fingerprint density at radius 3 is 2.83 bits per heavy atom. The average Bonchev–Trinajstić information content (AvgIpc) is 2.64. The van der Waals surface area contributed by atoms with E-state index in [9.17, 15) is 4.79 Å². The molecule has 1 saturated carbocycles. The summed E-state index contributed by atoms with van der Waals surface area (Å²) < 4.78 is 0. The zero-order valence-corrected chi connectivity index (χ0v) is 7.75. The van der Waals surface area contributed by atoms with E-state index in [2.05, 4.69) is 11.8 Å². The molecular formula is C10H17NO. The Balaban J connectivity index is 1.93. The highest BCUT2D eigenvalue weighted by Gasteiger charge is 2.39. The minimum atomic E-state index is 0.393. The standard InChI is InChI=1S/C10H17NO/c1-2-3-10(12)11-7-8-4-5-9(11)6-8/h8-9H,2-7H2,1H3. The summed E-state index contributed by atoms with van der Waals surface area (Å²) in [4.78, 5) is 13.7. The van der Waals surface area contributed by atoms with E-state index in [1.807, 2.05) is 0 Å². The Kier molecular flexibility index (Phi) is 2.07. The first-order valence-corrected chi connectivity index (χ1v) is 5.10. The Morgan fingerprint density at radius 1 is 1.50 bits per heavy atom. The van der Waals surface area contributed by atoms with Crippen molar-refractivity contribution < 1.29 is 4.79 Å². The average molecular weight is 167 g/mol. The van der Waals surface area contributed by atoms with Crippen LogP contribution in [0.2, 0.25) is 0 Å². The number of amides is 1. The monoisotopic (exact) mass is 167 g/mol. The van der Waals surface area contributed by atoms with Crippen LogP contribution in [0.4, 0.5) is 0 Å². The lowest BCUT2D eigenvalue weighted by molar-refractivity contribution is -0.132. The Hall–Kier alpha value is -0.530. The zero-order chi connectivity index (χ0) is 8.55. The van der Waals surface area contributed by atoms with Crippen LogP contribution in [0.5, 0.6) is 0 Å². The lowest BCUT2D eigenvalue weighted by Gasteiger charge is -2.26. The number of carbonyl (C=O) groups excluding carboxylic acids is 1. The molecule has 2 aliphatic rings. The molecule has 0 aromatic rings. The van der Waals surface area contributed by atoms with Crippen LogP contribution in [0.1, 0.15) is 39.0 Å². The van der Waals surface area contributed by atoms with Gasteiger partial charge in [-0.1, -0.05) is 6.92 Å². The van der Waals surface area contributed by atoms with Gasteiger partial charge in [-0.25, -0.2) is 0 Å². The Labute approximate surface area is 73.9 Å². The van der Waals surface area contributed by atoms with Gasteiger partial charge in [-0.3, -0.25) is 4.79 Å². The minimum absolute atomic E-state index is 0.393. The number of hydrogen-bond acceptors (Lipinski definition) is 1. The molecule has 2 heteroatoms. The molecule has 0 N–H and O–H groups in total. The summed E-state index contributed by atoms with van der Waals surface area (Å²) in [5.74, 6) is 1.24. The van der Waals surface area contributed by atoms with E-state index in [1.165, 1.54) is 19.3 Å². The van der Waals surface area contributed by atoms with E-state index in [0.717, 1.165) is 25.3 Å². The van der Waals surface area contributed by atoms with Gasteiger partial charge in [0.05, 0.1) is 0 Å². The van der Waals surface area contributed by atoms with Gasteiger partial charge in [0.2, 0.25) is 5.91 Å². The van der Waals surface area contributed by atoms with Crippen LogP contribution in [-0.4, -0.2) is 23.4 Å². The Morgan fingerprint density at radius 2 is 2.33 bits per heavy atom. The largest absolute Gasteiger partial charge is 0.339 e. The third kappa shape index (κ3) is 1.23. The zero-order valence-electron chi connectivity index (χ0n) is 7.75. The maximum atomic E-state index is 11.6. The number of rotatable bonds is 2. The maximum absolute atomic E-state index is 11.6. The first-order chi connectivity index (χ1) is 5.81. The summed E-state index contributed by atoms with van der Waals surface area (Å²) in [5, 5.41) is 0. The highest BCUT2D eigenvalue weighted by atomic mass is 16.2. The highest BCUT2D eigenvalue weighted by molar-refractivity contribution is 5.76. The molecule has 2 unspecified atom stereocenters. The molecule has 1 aliphatic heterocycles. The highest BCUT2D eigenvalue weighted by Crippen LogP contribution is 2.37. The maximum Gasteiger partial charge on any atom is 0.222 e. The molecule has 1 saturated heterocycles. The van der Waals surface area contributed by atoms with Crippen molar-refractivity contribution in [1.29, 1.82) is 0 Å². The fraction of sp³-hybridized carbons (Fsp3) is 0.900. The van der Waals surface area contributed by atoms with Gasteiger partial charge in [-0.05, 0) is 31.6 Å². The number of carbonyl (C=O) groups is 1. The molecule has 2 bridgehead atoms. The molecule has 2 nitrogen and oxygen atoms in total. The molecule has 1 amide bonds. The molecule has 1 aliphatic carbocycles. The fourth-order valence-corrected chi connectivity index (χ4v) is 2.59. The van der Waals surface area contributed by atoms with Crippen LogP contribution >= 0.6 is 0 Å². The van der Waals surface area contributed by atoms with Gasteiger partial charge < -0.3 is 4.90 Å². The van der Waals surface area contributed by atoms with Crippen LogP contribution in [0.3, 0.4) is 0 Å². The number of fused-ring (bicyclic) bond motifs is 2. The number of hydrogen-bond donors (Lipinski definition) is 0. The molecule has 0 radical (unpaired) electrons. The summed E-state index contributed by atoms with van der Waals surface area (Å²) in [6, 6.07) is 0.619. The van der Waals surface area contributed by atoms with E-state index >= 15 is 0 Å². The van der Waals surface area contributed by atoms with Gasteiger partial charge in [-0.15, -0.1) is 0 Å². The van der Waals surface area contributed by atoms with E-state index in [1.54, 1.807) is 0 Å². The molecule has 2 fully saturated rings. The van der Waals surface area contributed by atoms with Crippen molar-refractivity contribution in [3.63, 3.8) is 0 Å². The number of nitrogens with zero attached hydrogens (tertiary/aromatic N) is 1. The lowest BCUT2D eigenvalue weighted by Crippen LogP contribution is -2.37. The first kappa shape index (κ1) is 8.09. The summed E-state index contributed by atoms with van der Waals surface area (Å²) in [6.07, 6.45) is 5.66. The van der Waals surface area contributed by atoms with Crippen LogP contribution < -0.4 is 0 Å². The second-order valence-corrected chi connectivity index (χ2v) is 4.13. The van der Waals surface area contributed by atoms with Crippen molar-refractivity contribution in [3.05, 3.63) is 0 Å². The predicted octanol–water partition coefficient (Wildman–Crippen LogP) is 1.80. The molecule has 12 heavy (non-hydrogen) atoms. The molecule has 68 valence electrons. The van der Waals surface area contributed by atoms with Crippen LogP contribution in [0.15, 0.2) is 0 Å². The second kappa shape index (κ2) is 3.08. The van der Waals surface area contributed by atoms with Crippen LogP contribution in [0.25, 0.3) is 0 Å². The normalized spacial score (nSPS) is 32.9. The van der Waals surface area contributed by atoms with Crippen molar-refractivity contribution in [1.82, 2.24) is 4.90 Å². The molecule has 0 aromatic carbocycles. The summed E-state index contributed by atoms with van der Waals surface area (Å²) in [5.41, 5.74) is 0. The third-order valence-corrected chi connectivity index (χ3v) is 3.19. The van der Waals surface area contributed by atoms with E-state index in [-0.39, 0.29) is 0 Å². The van der Waals surface area contributed by atoms with E-state index in [4.69, 9.17) is 0 Å². The van der Waals surface area contributed by atoms with Crippen molar-refractivity contribution >= 4 is 5.91 Å². The first-order valence-electron chi connectivity index (χ1n) is 5.10. The lowest BCUT2D eigenvalue weighted by atomic mass is 10.1. The number of likely N-dealkylation sites (tertiary alicyclic amines) is 1.